The van der Waals surface area contributed by atoms with Crippen molar-refractivity contribution in [2.24, 2.45) is 21.7 Å². The topological polar surface area (TPSA) is 262 Å². The molecule has 162 valence electrons. The number of aliphatic hydroxyl groups excluding tert-OH is 1. The summed E-state index contributed by atoms with van der Waals surface area (Å²) in [6.45, 7) is 0.994. The number of hydrogen-bond acceptors (Lipinski definition) is 8. The Morgan fingerprint density at radius 2 is 1.90 bits per heavy atom. The number of nitrogens with two attached hydrogens (primary N) is 2. The normalized spacial score (nSPS) is 21.6. The van der Waals surface area contributed by atoms with Crippen LogP contribution in [0.2, 0.25) is 0 Å². The number of aromatic nitrogens is 2. The predicted octanol–water partition coefficient (Wildman–Crippen LogP) is -1.80. The molecule has 0 bridgehead atoms. The second-order valence-electron chi connectivity index (χ2n) is 5.57. The molecular weight excluding hydrogens is 419 g/mol. The molecule has 2 rings (SSSR count). The molecule has 1 aliphatic heterocycles. The van der Waals surface area contributed by atoms with Crippen LogP contribution in [0.15, 0.2) is 26.0 Å². The van der Waals surface area contributed by atoms with Crippen molar-refractivity contribution in [3.8, 4) is 0 Å². The molecule has 0 spiro atoms. The highest BCUT2D eigenvalue weighted by Crippen LogP contribution is 2.38. The summed E-state index contributed by atoms with van der Waals surface area (Å²) >= 11 is 0. The Hall–Kier alpha value is -2.75. The minimum atomic E-state index is -4.67. The maximum atomic E-state index is 11.7. The Morgan fingerprint density at radius 1 is 1.34 bits per heavy atom. The number of nitrogens with zero attached hydrogens (tertiary/aromatic N) is 3. The van der Waals surface area contributed by atoms with Crippen molar-refractivity contribution < 1.29 is 38.3 Å². The van der Waals surface area contributed by atoms with Crippen LogP contribution in [0, 0.1) is 6.92 Å². The minimum Gasteiger partial charge on any atom is -0.390 e. The number of aliphatic hydroxyl groups is 1. The summed E-state index contributed by atoms with van der Waals surface area (Å²) in [7, 11) is -4.67. The fourth-order valence-corrected chi connectivity index (χ4v) is 2.45. The van der Waals surface area contributed by atoms with Crippen molar-refractivity contribution in [3.63, 3.8) is 0 Å². The highest BCUT2D eigenvalue weighted by molar-refractivity contribution is 7.46. The van der Waals surface area contributed by atoms with E-state index in [9.17, 15) is 28.8 Å². The third-order valence-corrected chi connectivity index (χ3v) is 3.80. The average molecular weight is 438 g/mol. The number of rotatable bonds is 4. The Morgan fingerprint density at radius 3 is 2.38 bits per heavy atom. The van der Waals surface area contributed by atoms with Crippen LogP contribution in [0.3, 0.4) is 0 Å². The Bertz CT molecular complexity index is 920. The number of aryl methyl sites for hydroxylation is 1. The molecule has 8 N–H and O–H groups in total. The zero-order valence-electron chi connectivity index (χ0n) is 14.9. The quantitative estimate of drug-likeness (QED) is 0.227. The Balaban J connectivity index is 0.000000447. The van der Waals surface area contributed by atoms with Gasteiger partial charge in [-0.15, -0.1) is 0 Å². The lowest BCUT2D eigenvalue weighted by atomic mass is 10.2. The molecule has 2 heterocycles. The number of phosphoric ester groups is 1. The molecular formula is C12H19N6O10P. The molecule has 1 aromatic rings. The molecule has 0 aromatic carbocycles. The van der Waals surface area contributed by atoms with Gasteiger partial charge in [0.1, 0.15) is 12.3 Å². The number of aromatic amines is 1. The SMILES string of the molecule is Cc1cn([C@H]2C[C@H](O)[C@@H](COP(=O)(O)O)O2)c(=O)[nH]c1=O.NC(=O)/N=N/C(N)=O. The molecule has 0 aliphatic carbocycles. The van der Waals surface area contributed by atoms with Gasteiger partial charge in [-0.25, -0.2) is 18.9 Å². The van der Waals surface area contributed by atoms with Gasteiger partial charge in [0, 0.05) is 18.2 Å². The van der Waals surface area contributed by atoms with Gasteiger partial charge in [0.15, 0.2) is 0 Å². The second-order valence-corrected chi connectivity index (χ2v) is 6.81. The molecule has 1 fully saturated rings. The number of carbonyl (C=O) groups excluding carboxylic acids is 2. The van der Waals surface area contributed by atoms with E-state index in [2.05, 4.69) is 31.2 Å². The van der Waals surface area contributed by atoms with E-state index in [1.165, 1.54) is 13.1 Å². The van der Waals surface area contributed by atoms with Crippen molar-refractivity contribution >= 4 is 19.9 Å². The number of hydrogen-bond donors (Lipinski definition) is 6. The van der Waals surface area contributed by atoms with E-state index in [0.29, 0.717) is 5.56 Å². The maximum Gasteiger partial charge on any atom is 0.469 e. The number of azo groups is 1. The molecule has 17 heteroatoms. The van der Waals surface area contributed by atoms with Crippen molar-refractivity contribution in [1.29, 1.82) is 0 Å². The fourth-order valence-electron chi connectivity index (χ4n) is 2.11. The van der Waals surface area contributed by atoms with Crippen LogP contribution in [0.5, 0.6) is 0 Å². The van der Waals surface area contributed by atoms with Gasteiger partial charge in [0.25, 0.3) is 5.56 Å². The molecule has 1 saturated heterocycles. The molecule has 0 radical (unpaired) electrons. The van der Waals surface area contributed by atoms with E-state index in [0.717, 1.165) is 4.57 Å². The van der Waals surface area contributed by atoms with Gasteiger partial charge in [-0.05, 0) is 6.92 Å². The average Bonchev–Trinajstić information content (AvgIpc) is 2.95. The molecule has 1 aromatic heterocycles. The van der Waals surface area contributed by atoms with Gasteiger partial charge < -0.3 is 31.1 Å². The number of carbonyl (C=O) groups is 2. The van der Waals surface area contributed by atoms with E-state index in [1.807, 2.05) is 0 Å². The summed E-state index contributed by atoms with van der Waals surface area (Å²) in [5.74, 6) is 0. The van der Waals surface area contributed by atoms with Gasteiger partial charge >= 0.3 is 25.6 Å². The summed E-state index contributed by atoms with van der Waals surface area (Å²) in [5, 5.41) is 15.0. The molecule has 0 unspecified atom stereocenters. The first-order chi connectivity index (χ1) is 13.3. The van der Waals surface area contributed by atoms with Crippen molar-refractivity contribution in [3.05, 3.63) is 32.6 Å². The van der Waals surface area contributed by atoms with E-state index < -0.39 is 56.2 Å². The minimum absolute atomic E-state index is 0.0283. The summed E-state index contributed by atoms with van der Waals surface area (Å²) in [6, 6.07) is -2.08. The highest BCUT2D eigenvalue weighted by atomic mass is 31.2. The summed E-state index contributed by atoms with van der Waals surface area (Å²) < 4.78 is 21.4. The predicted molar refractivity (Wildman–Crippen MR) is 92.6 cm³/mol. The number of urea groups is 2. The number of nitrogens with one attached hydrogen (secondary N) is 1. The number of phosphoric acid groups is 1. The van der Waals surface area contributed by atoms with Crippen molar-refractivity contribution in [1.82, 2.24) is 9.55 Å². The highest BCUT2D eigenvalue weighted by Gasteiger charge is 2.37. The lowest BCUT2D eigenvalue weighted by molar-refractivity contribution is -0.0451. The third kappa shape index (κ3) is 8.43. The van der Waals surface area contributed by atoms with E-state index >= 15 is 0 Å². The van der Waals surface area contributed by atoms with Crippen LogP contribution >= 0.6 is 7.82 Å². The second kappa shape index (κ2) is 10.1. The lowest BCUT2D eigenvalue weighted by Crippen LogP contribution is -2.33. The molecule has 1 aliphatic rings. The number of amides is 4. The first-order valence-electron chi connectivity index (χ1n) is 7.66. The van der Waals surface area contributed by atoms with E-state index in [-0.39, 0.29) is 6.42 Å². The van der Waals surface area contributed by atoms with Gasteiger partial charge in [-0.2, -0.15) is 0 Å². The summed E-state index contributed by atoms with van der Waals surface area (Å²) in [5.41, 5.74) is 7.95. The molecule has 0 saturated carbocycles. The smallest absolute Gasteiger partial charge is 0.390 e. The maximum absolute atomic E-state index is 11.7. The van der Waals surface area contributed by atoms with Gasteiger partial charge in [0.05, 0.1) is 12.7 Å². The largest absolute Gasteiger partial charge is 0.469 e. The van der Waals surface area contributed by atoms with Crippen LogP contribution in [0.4, 0.5) is 9.59 Å². The monoisotopic (exact) mass is 438 g/mol. The van der Waals surface area contributed by atoms with Crippen molar-refractivity contribution in [2.45, 2.75) is 31.8 Å². The zero-order chi connectivity index (χ0) is 22.4. The van der Waals surface area contributed by atoms with E-state index in [1.54, 1.807) is 0 Å². The van der Waals surface area contributed by atoms with Gasteiger partial charge in [-0.3, -0.25) is 18.9 Å². The van der Waals surface area contributed by atoms with Crippen LogP contribution in [0.25, 0.3) is 0 Å². The summed E-state index contributed by atoms with van der Waals surface area (Å²) in [4.78, 5) is 61.6. The number of ether oxygens (including phenoxy) is 1. The Kier molecular flexibility index (Phi) is 8.50. The molecule has 16 nitrogen and oxygen atoms in total. The Labute approximate surface area is 161 Å². The van der Waals surface area contributed by atoms with E-state index in [4.69, 9.17) is 14.5 Å². The van der Waals surface area contributed by atoms with Crippen LogP contribution in [-0.2, 0) is 13.8 Å². The van der Waals surface area contributed by atoms with Crippen molar-refractivity contribution in [2.75, 3.05) is 6.61 Å². The first kappa shape index (κ1) is 24.3. The fraction of sp³-hybridized carbons (Fsp3) is 0.500. The summed E-state index contributed by atoms with van der Waals surface area (Å²) in [6.07, 6.45) is -1.57. The number of H-pyrrole nitrogens is 1. The molecule has 29 heavy (non-hydrogen) atoms. The third-order valence-electron chi connectivity index (χ3n) is 3.31. The number of primary amides is 2. The molecule has 3 atom stereocenters. The molecule has 4 amide bonds. The van der Waals surface area contributed by atoms with Gasteiger partial charge in [-0.1, -0.05) is 10.2 Å². The lowest BCUT2D eigenvalue weighted by Gasteiger charge is -2.16. The van der Waals surface area contributed by atoms with Crippen LogP contribution in [0.1, 0.15) is 18.2 Å². The first-order valence-corrected chi connectivity index (χ1v) is 9.19. The zero-order valence-corrected chi connectivity index (χ0v) is 15.8. The standard InChI is InChI=1S/C10H15N2O8P.C2H4N4O2/c1-5-3-12(10(15)11-9(5)14)8-2-6(13)7(20-8)4-19-21(16,17)18;3-1(7)5-6-2(4)8/h3,6-8,13H,2,4H2,1H3,(H,11,14,15)(H2,16,17,18);(H2,3,7)(H2,4,8)/b;6-5+/t6-,7+,8+;/m0./s1. The van der Waals surface area contributed by atoms with Crippen LogP contribution in [-0.4, -0.2) is 55.3 Å². The van der Waals surface area contributed by atoms with Crippen LogP contribution < -0.4 is 22.7 Å². The van der Waals surface area contributed by atoms with Gasteiger partial charge in [0.2, 0.25) is 0 Å².